The van der Waals surface area contributed by atoms with E-state index in [9.17, 15) is 4.79 Å². The first-order valence-corrected chi connectivity index (χ1v) is 12.8. The Bertz CT molecular complexity index is 917. The summed E-state index contributed by atoms with van der Waals surface area (Å²) in [6.45, 7) is 17.2. The second-order valence-electron chi connectivity index (χ2n) is 7.46. The molecule has 1 amide bonds. The van der Waals surface area contributed by atoms with Crippen LogP contribution in [0.5, 0.6) is 0 Å². The van der Waals surface area contributed by atoms with Crippen molar-refractivity contribution < 1.29 is 9.73 Å². The lowest BCUT2D eigenvalue weighted by Crippen LogP contribution is -2.43. The van der Waals surface area contributed by atoms with Crippen LogP contribution in [0.3, 0.4) is 0 Å². The Balaban J connectivity index is 0.00000166. The molecular weight excluding hydrogens is 428 g/mol. The second kappa shape index (κ2) is 11.2. The maximum atomic E-state index is 13.0. The normalized spacial score (nSPS) is 13.4. The summed E-state index contributed by atoms with van der Waals surface area (Å²) in [5, 5.41) is 4.11. The van der Waals surface area contributed by atoms with Crippen molar-refractivity contribution in [1.29, 1.82) is 0 Å². The van der Waals surface area contributed by atoms with Gasteiger partial charge in [0.2, 0.25) is 0 Å². The van der Waals surface area contributed by atoms with E-state index in [2.05, 4.69) is 45.9 Å². The Morgan fingerprint density at radius 1 is 1.26 bits per heavy atom. The van der Waals surface area contributed by atoms with E-state index in [0.29, 0.717) is 12.3 Å². The molecule has 0 bridgehead atoms. The van der Waals surface area contributed by atoms with Gasteiger partial charge in [-0.1, -0.05) is 48.1 Å². The van der Waals surface area contributed by atoms with Crippen molar-refractivity contribution in [2.45, 2.75) is 59.3 Å². The highest BCUT2D eigenvalue weighted by atomic mass is 32.2. The van der Waals surface area contributed by atoms with Crippen molar-refractivity contribution in [2.24, 2.45) is 13.0 Å². The van der Waals surface area contributed by atoms with Crippen LogP contribution in [-0.4, -0.2) is 39.9 Å². The van der Waals surface area contributed by atoms with Gasteiger partial charge < -0.3 is 4.57 Å². The molecule has 3 heterocycles. The number of thiophene rings is 1. The van der Waals surface area contributed by atoms with Gasteiger partial charge in [-0.15, -0.1) is 28.0 Å². The van der Waals surface area contributed by atoms with Crippen LogP contribution < -0.4 is 5.06 Å². The van der Waals surface area contributed by atoms with E-state index >= 15 is 0 Å². The molecule has 1 aliphatic rings. The summed E-state index contributed by atoms with van der Waals surface area (Å²) >= 11 is 3.37. The van der Waals surface area contributed by atoms with Crippen LogP contribution in [0.2, 0.25) is 0 Å². The third kappa shape index (κ3) is 5.18. The quantitative estimate of drug-likeness (QED) is 0.461. The molecule has 172 valence electrons. The van der Waals surface area contributed by atoms with E-state index in [1.807, 2.05) is 25.0 Å². The standard InChI is InChI=1S/C21H30N4O2S2.C2H6/c1-8-14-15(9-2)23(6)17(22-14)11-16-19(28-10-3)18-20(26)24(7)27-25(12-13(4)5)21(18)29-16;1-2/h8,13H,1,9-12H2,2-7H3;1-2H3. The Labute approximate surface area is 195 Å². The minimum Gasteiger partial charge on any atom is -0.334 e. The lowest BCUT2D eigenvalue weighted by Gasteiger charge is -2.33. The predicted molar refractivity (Wildman–Crippen MR) is 133 cm³/mol. The smallest absolute Gasteiger partial charge is 0.283 e. The number of thioether (sulfide) groups is 1. The van der Waals surface area contributed by atoms with Gasteiger partial charge >= 0.3 is 0 Å². The number of carbonyl (C=O) groups excluding carboxylic acids is 1. The summed E-state index contributed by atoms with van der Waals surface area (Å²) in [6.07, 6.45) is 3.41. The maximum absolute atomic E-state index is 13.0. The molecule has 8 heteroatoms. The summed E-state index contributed by atoms with van der Waals surface area (Å²) in [5.74, 6) is 2.22. The molecule has 2 aromatic rings. The fourth-order valence-electron chi connectivity index (χ4n) is 3.55. The monoisotopic (exact) mass is 464 g/mol. The number of imidazole rings is 1. The molecule has 1 aliphatic heterocycles. The first-order chi connectivity index (χ1) is 14.8. The summed E-state index contributed by atoms with van der Waals surface area (Å²) in [5.41, 5.74) is 2.89. The van der Waals surface area contributed by atoms with Crippen molar-refractivity contribution in [3.63, 3.8) is 0 Å². The first kappa shape index (κ1) is 25.5. The molecule has 0 spiro atoms. The highest BCUT2D eigenvalue weighted by molar-refractivity contribution is 7.99. The first-order valence-electron chi connectivity index (χ1n) is 11.0. The highest BCUT2D eigenvalue weighted by Gasteiger charge is 2.36. The fourth-order valence-corrected chi connectivity index (χ4v) is 5.89. The Morgan fingerprint density at radius 3 is 2.45 bits per heavy atom. The van der Waals surface area contributed by atoms with Crippen LogP contribution in [0.1, 0.15) is 74.0 Å². The number of hydrogen-bond donors (Lipinski definition) is 0. The van der Waals surface area contributed by atoms with Crippen LogP contribution >= 0.6 is 23.1 Å². The molecule has 0 fully saturated rings. The average Bonchev–Trinajstić information content (AvgIpc) is 3.25. The van der Waals surface area contributed by atoms with Crippen LogP contribution in [0.15, 0.2) is 11.5 Å². The molecule has 0 aromatic carbocycles. The molecule has 0 saturated heterocycles. The van der Waals surface area contributed by atoms with Gasteiger partial charge in [0.15, 0.2) is 0 Å². The molecule has 3 rings (SSSR count). The topological polar surface area (TPSA) is 50.6 Å². The summed E-state index contributed by atoms with van der Waals surface area (Å²) in [7, 11) is 3.74. The predicted octanol–water partition coefficient (Wildman–Crippen LogP) is 5.81. The fraction of sp³-hybridized carbons (Fsp3) is 0.565. The van der Waals surface area contributed by atoms with E-state index in [-0.39, 0.29) is 5.91 Å². The molecule has 2 aromatic heterocycles. The third-order valence-electron chi connectivity index (χ3n) is 4.87. The van der Waals surface area contributed by atoms with E-state index in [1.54, 1.807) is 30.1 Å². The molecule has 0 saturated carbocycles. The van der Waals surface area contributed by atoms with Crippen molar-refractivity contribution >= 4 is 40.1 Å². The largest absolute Gasteiger partial charge is 0.334 e. The summed E-state index contributed by atoms with van der Waals surface area (Å²) in [6, 6.07) is 0. The zero-order valence-corrected chi connectivity index (χ0v) is 21.7. The van der Waals surface area contributed by atoms with Crippen molar-refractivity contribution in [3.05, 3.63) is 34.2 Å². The lowest BCUT2D eigenvalue weighted by molar-refractivity contribution is -0.126. The van der Waals surface area contributed by atoms with Gasteiger partial charge in [0.05, 0.1) is 17.8 Å². The SMILES string of the molecule is C=Cc1nc(Cc2sc3c(c2SCC)C(=O)N(C)ON3CC(C)C)n(C)c1CC.CC. The van der Waals surface area contributed by atoms with Gasteiger partial charge in [-0.25, -0.2) is 10.0 Å². The Kier molecular flexibility index (Phi) is 9.21. The molecule has 6 nitrogen and oxygen atoms in total. The summed E-state index contributed by atoms with van der Waals surface area (Å²) < 4.78 is 2.16. The van der Waals surface area contributed by atoms with Crippen molar-refractivity contribution in [1.82, 2.24) is 14.6 Å². The van der Waals surface area contributed by atoms with E-state index in [0.717, 1.165) is 50.6 Å². The Morgan fingerprint density at radius 2 is 1.94 bits per heavy atom. The van der Waals surface area contributed by atoms with Crippen LogP contribution in [0.4, 0.5) is 5.00 Å². The number of hydrogen-bond acceptors (Lipinski definition) is 6. The Hall–Kier alpha value is -1.77. The number of hydroxylamine groups is 3. The zero-order valence-electron chi connectivity index (χ0n) is 20.1. The number of anilines is 1. The van der Waals surface area contributed by atoms with Crippen molar-refractivity contribution in [3.8, 4) is 0 Å². The molecule has 31 heavy (non-hydrogen) atoms. The molecule has 0 unspecified atom stereocenters. The van der Waals surface area contributed by atoms with E-state index in [4.69, 9.17) is 9.92 Å². The van der Waals surface area contributed by atoms with Gasteiger partial charge in [0, 0.05) is 36.0 Å². The molecular formula is C23H36N4O2S2. The number of aromatic nitrogens is 2. The number of nitrogens with zero attached hydrogens (tertiary/aromatic N) is 4. The number of carbonyl (C=O) groups is 1. The number of fused-ring (bicyclic) bond motifs is 1. The molecule has 0 N–H and O–H groups in total. The third-order valence-corrected chi connectivity index (χ3v) is 7.22. The van der Waals surface area contributed by atoms with Gasteiger partial charge in [-0.2, -0.15) is 5.06 Å². The highest BCUT2D eigenvalue weighted by Crippen LogP contribution is 2.45. The molecule has 0 atom stereocenters. The van der Waals surface area contributed by atoms with Crippen molar-refractivity contribution in [2.75, 3.05) is 24.4 Å². The van der Waals surface area contributed by atoms with Gasteiger partial charge in [0.1, 0.15) is 10.8 Å². The van der Waals surface area contributed by atoms with E-state index < -0.39 is 0 Å². The van der Waals surface area contributed by atoms with Gasteiger partial charge in [-0.05, 0) is 24.2 Å². The van der Waals surface area contributed by atoms with E-state index in [1.165, 1.54) is 10.8 Å². The van der Waals surface area contributed by atoms with Crippen LogP contribution in [0.25, 0.3) is 6.08 Å². The lowest BCUT2D eigenvalue weighted by atomic mass is 10.2. The molecule has 0 aliphatic carbocycles. The zero-order chi connectivity index (χ0) is 23.3. The van der Waals surface area contributed by atoms with Crippen LogP contribution in [-0.2, 0) is 24.8 Å². The van der Waals surface area contributed by atoms with Crippen LogP contribution in [0, 0.1) is 5.92 Å². The molecule has 0 radical (unpaired) electrons. The number of rotatable bonds is 8. The maximum Gasteiger partial charge on any atom is 0.283 e. The average molecular weight is 465 g/mol. The minimum absolute atomic E-state index is 0.0840. The van der Waals surface area contributed by atoms with Gasteiger partial charge in [0.25, 0.3) is 5.91 Å². The minimum atomic E-state index is -0.0840. The number of amides is 1. The van der Waals surface area contributed by atoms with Gasteiger partial charge in [-0.3, -0.25) is 4.79 Å². The summed E-state index contributed by atoms with van der Waals surface area (Å²) in [4.78, 5) is 25.8. The second-order valence-corrected chi connectivity index (χ2v) is 9.82.